The van der Waals surface area contributed by atoms with Crippen molar-refractivity contribution in [3.05, 3.63) is 11.6 Å². The number of rotatable bonds is 1. The van der Waals surface area contributed by atoms with Crippen LogP contribution in [0.4, 0.5) is 0 Å². The number of methoxy groups -OCH3 is 1. The molecule has 1 fully saturated rings. The fraction of sp³-hybridized carbons (Fsp3) is 0.812. The van der Waals surface area contributed by atoms with Crippen LogP contribution < -0.4 is 0 Å². The van der Waals surface area contributed by atoms with Crippen LogP contribution in [-0.4, -0.2) is 23.3 Å². The molecular formula is C16H25BrO2. The summed E-state index contributed by atoms with van der Waals surface area (Å²) < 4.78 is 5.72. The summed E-state index contributed by atoms with van der Waals surface area (Å²) in [6.07, 6.45) is 5.71. The fourth-order valence-electron chi connectivity index (χ4n) is 4.01. The summed E-state index contributed by atoms with van der Waals surface area (Å²) in [5.41, 5.74) is 1.33. The smallest absolute Gasteiger partial charge is 0.156 e. The minimum atomic E-state index is -0.0942. The maximum absolute atomic E-state index is 11.9. The first-order valence-electron chi connectivity index (χ1n) is 7.08. The summed E-state index contributed by atoms with van der Waals surface area (Å²) in [5.74, 6) is 0.277. The first kappa shape index (κ1) is 15.2. The van der Waals surface area contributed by atoms with E-state index in [2.05, 4.69) is 43.6 Å². The second kappa shape index (κ2) is 4.70. The number of alkyl halides is 1. The maximum atomic E-state index is 11.9. The summed E-state index contributed by atoms with van der Waals surface area (Å²) in [4.78, 5) is 12.2. The third-order valence-electron chi connectivity index (χ3n) is 5.75. The average molecular weight is 329 g/mol. The van der Waals surface area contributed by atoms with E-state index in [-0.39, 0.29) is 22.2 Å². The number of hydrogen-bond acceptors (Lipinski definition) is 2. The number of carbonyl (C=O) groups excluding carboxylic acids is 1. The van der Waals surface area contributed by atoms with Crippen LogP contribution in [0.5, 0.6) is 0 Å². The third kappa shape index (κ3) is 2.23. The van der Waals surface area contributed by atoms with Gasteiger partial charge in [0.25, 0.3) is 0 Å². The summed E-state index contributed by atoms with van der Waals surface area (Å²) >= 11 is 3.84. The highest BCUT2D eigenvalue weighted by Crippen LogP contribution is 2.60. The third-order valence-corrected chi connectivity index (χ3v) is 7.04. The van der Waals surface area contributed by atoms with Gasteiger partial charge in [0.1, 0.15) is 0 Å². The molecule has 2 rings (SSSR count). The van der Waals surface area contributed by atoms with E-state index in [1.54, 1.807) is 7.11 Å². The van der Waals surface area contributed by atoms with Gasteiger partial charge in [0, 0.05) is 18.4 Å². The molecule has 3 atom stereocenters. The van der Waals surface area contributed by atoms with Gasteiger partial charge in [-0.1, -0.05) is 35.4 Å². The predicted molar refractivity (Wildman–Crippen MR) is 81.6 cm³/mol. The van der Waals surface area contributed by atoms with Crippen LogP contribution in [0.2, 0.25) is 0 Å². The van der Waals surface area contributed by atoms with Gasteiger partial charge in [-0.3, -0.25) is 4.79 Å². The second-order valence-corrected chi connectivity index (χ2v) is 8.23. The lowest BCUT2D eigenvalue weighted by atomic mass is 9.50. The van der Waals surface area contributed by atoms with Crippen LogP contribution >= 0.6 is 15.9 Å². The van der Waals surface area contributed by atoms with E-state index in [1.165, 1.54) is 5.57 Å². The van der Waals surface area contributed by atoms with Crippen LogP contribution in [-0.2, 0) is 9.53 Å². The highest BCUT2D eigenvalue weighted by Gasteiger charge is 2.55. The Morgan fingerprint density at radius 2 is 1.95 bits per heavy atom. The van der Waals surface area contributed by atoms with Gasteiger partial charge in [0.05, 0.1) is 5.60 Å². The zero-order valence-corrected chi connectivity index (χ0v) is 14.3. The lowest BCUT2D eigenvalue weighted by molar-refractivity contribution is -0.122. The van der Waals surface area contributed by atoms with Crippen molar-refractivity contribution in [3.8, 4) is 0 Å². The Kier molecular flexibility index (Phi) is 3.77. The SMILES string of the molecule is CO[C@@]1(C)CC[C@]2(C[C@H]1Br)C(C)=CC(=O)CC2(C)C. The molecule has 2 aliphatic rings. The minimum absolute atomic E-state index is 0.0318. The predicted octanol–water partition coefficient (Wildman–Crippen LogP) is 4.27. The molecular weight excluding hydrogens is 304 g/mol. The molecule has 1 spiro atoms. The van der Waals surface area contributed by atoms with Gasteiger partial charge >= 0.3 is 0 Å². The number of carbonyl (C=O) groups is 1. The number of halogens is 1. The molecule has 0 aromatic heterocycles. The van der Waals surface area contributed by atoms with Crippen LogP contribution in [0.25, 0.3) is 0 Å². The molecule has 1 saturated carbocycles. The van der Waals surface area contributed by atoms with Crippen LogP contribution in [0.15, 0.2) is 11.6 Å². The van der Waals surface area contributed by atoms with E-state index in [9.17, 15) is 4.79 Å². The molecule has 0 aromatic carbocycles. The Balaban J connectivity index is 2.39. The molecule has 0 radical (unpaired) electrons. The van der Waals surface area contributed by atoms with Gasteiger partial charge in [-0.2, -0.15) is 0 Å². The number of allylic oxidation sites excluding steroid dienone is 2. The minimum Gasteiger partial charge on any atom is -0.377 e. The van der Waals surface area contributed by atoms with Gasteiger partial charge in [0.2, 0.25) is 0 Å². The second-order valence-electron chi connectivity index (χ2n) is 7.12. The monoisotopic (exact) mass is 328 g/mol. The molecule has 108 valence electrons. The first-order chi connectivity index (χ1) is 8.67. The summed E-state index contributed by atoms with van der Waals surface area (Å²) in [5, 5.41) is 0. The molecule has 3 heteroatoms. The molecule has 19 heavy (non-hydrogen) atoms. The molecule has 2 aliphatic carbocycles. The van der Waals surface area contributed by atoms with Gasteiger partial charge in [-0.25, -0.2) is 0 Å². The van der Waals surface area contributed by atoms with Gasteiger partial charge in [-0.15, -0.1) is 0 Å². The Hall–Kier alpha value is -0.150. The van der Waals surface area contributed by atoms with E-state index in [0.29, 0.717) is 11.2 Å². The number of ether oxygens (including phenoxy) is 1. The van der Waals surface area contributed by atoms with Crippen molar-refractivity contribution in [1.29, 1.82) is 0 Å². The zero-order chi connectivity index (χ0) is 14.5. The molecule has 0 aromatic rings. The molecule has 0 N–H and O–H groups in total. The van der Waals surface area contributed by atoms with E-state index in [4.69, 9.17) is 4.74 Å². The maximum Gasteiger partial charge on any atom is 0.156 e. The van der Waals surface area contributed by atoms with Crippen molar-refractivity contribution < 1.29 is 9.53 Å². The van der Waals surface area contributed by atoms with Crippen molar-refractivity contribution in [3.63, 3.8) is 0 Å². The highest BCUT2D eigenvalue weighted by atomic mass is 79.9. The molecule has 0 amide bonds. The molecule has 0 bridgehead atoms. The molecule has 0 aliphatic heterocycles. The standard InChI is InChI=1S/C16H25BrO2/c1-11-8-12(18)9-14(2,3)16(11)7-6-15(4,19-5)13(17)10-16/h8,13H,6-7,9-10H2,1-5H3/t13-,15+,16+/m1/s1. The van der Waals surface area contributed by atoms with E-state index < -0.39 is 0 Å². The number of hydrogen-bond donors (Lipinski definition) is 0. The lowest BCUT2D eigenvalue weighted by Crippen LogP contribution is -2.53. The zero-order valence-electron chi connectivity index (χ0n) is 12.7. The Morgan fingerprint density at radius 1 is 1.32 bits per heavy atom. The van der Waals surface area contributed by atoms with Crippen molar-refractivity contribution >= 4 is 21.7 Å². The van der Waals surface area contributed by atoms with Crippen molar-refractivity contribution in [1.82, 2.24) is 0 Å². The molecule has 0 heterocycles. The van der Waals surface area contributed by atoms with Crippen LogP contribution in [0.3, 0.4) is 0 Å². The summed E-state index contributed by atoms with van der Waals surface area (Å²) in [7, 11) is 1.80. The van der Waals surface area contributed by atoms with E-state index >= 15 is 0 Å². The first-order valence-corrected chi connectivity index (χ1v) is 7.99. The fourth-order valence-corrected chi connectivity index (χ4v) is 4.98. The Bertz CT molecular complexity index is 426. The topological polar surface area (TPSA) is 26.3 Å². The number of ketones is 1. The van der Waals surface area contributed by atoms with Gasteiger partial charge < -0.3 is 4.74 Å². The van der Waals surface area contributed by atoms with Crippen molar-refractivity contribution in [2.24, 2.45) is 10.8 Å². The van der Waals surface area contributed by atoms with Crippen LogP contribution in [0, 0.1) is 10.8 Å². The average Bonchev–Trinajstić information content (AvgIpc) is 2.30. The Labute approximate surface area is 125 Å². The summed E-state index contributed by atoms with van der Waals surface area (Å²) in [6.45, 7) is 8.81. The van der Waals surface area contributed by atoms with Crippen molar-refractivity contribution in [2.75, 3.05) is 7.11 Å². The molecule has 0 saturated heterocycles. The lowest BCUT2D eigenvalue weighted by Gasteiger charge is -2.56. The van der Waals surface area contributed by atoms with Gasteiger partial charge in [-0.05, 0) is 50.0 Å². The van der Waals surface area contributed by atoms with E-state index in [1.807, 2.05) is 6.08 Å². The normalized spacial score (nSPS) is 42.3. The Morgan fingerprint density at radius 3 is 2.42 bits per heavy atom. The molecule has 2 nitrogen and oxygen atoms in total. The van der Waals surface area contributed by atoms with E-state index in [0.717, 1.165) is 19.3 Å². The van der Waals surface area contributed by atoms with Gasteiger partial charge in [0.15, 0.2) is 5.78 Å². The van der Waals surface area contributed by atoms with Crippen LogP contribution in [0.1, 0.15) is 53.4 Å². The summed E-state index contributed by atoms with van der Waals surface area (Å²) in [6, 6.07) is 0. The largest absolute Gasteiger partial charge is 0.377 e. The van der Waals surface area contributed by atoms with Crippen molar-refractivity contribution in [2.45, 2.75) is 63.8 Å². The quantitative estimate of drug-likeness (QED) is 0.672. The highest BCUT2D eigenvalue weighted by molar-refractivity contribution is 9.09. The molecule has 0 unspecified atom stereocenters.